The number of nitrogens with one attached hydrogen (secondary N) is 1. The first-order chi connectivity index (χ1) is 13.5. The minimum absolute atomic E-state index is 0.132. The monoisotopic (exact) mass is 390 g/mol. The molecule has 1 aromatic rings. The van der Waals surface area contributed by atoms with E-state index in [1.807, 2.05) is 30.3 Å². The predicted octanol–water partition coefficient (Wildman–Crippen LogP) is 2.00. The molecule has 0 spiro atoms. The van der Waals surface area contributed by atoms with Crippen molar-refractivity contribution >= 4 is 17.8 Å². The Bertz CT molecular complexity index is 649. The molecule has 0 saturated carbocycles. The molecule has 1 aliphatic rings. The number of hydrogen-bond acceptors (Lipinski definition) is 5. The van der Waals surface area contributed by atoms with Gasteiger partial charge in [0.25, 0.3) is 0 Å². The van der Waals surface area contributed by atoms with Crippen molar-refractivity contribution in [1.29, 1.82) is 0 Å². The average Bonchev–Trinajstić information content (AvgIpc) is 2.85. The number of rotatable bonds is 10. The number of carboxylic acids is 1. The van der Waals surface area contributed by atoms with Crippen molar-refractivity contribution < 1.29 is 24.2 Å². The normalized spacial score (nSPS) is 18.4. The summed E-state index contributed by atoms with van der Waals surface area (Å²) in [6, 6.07) is 8.37. The van der Waals surface area contributed by atoms with Gasteiger partial charge in [0, 0.05) is 13.1 Å². The highest BCUT2D eigenvalue weighted by molar-refractivity contribution is 5.84. The highest BCUT2D eigenvalue weighted by atomic mass is 16.5. The third-order valence-electron chi connectivity index (χ3n) is 4.94. The Morgan fingerprint density at radius 3 is 2.71 bits per heavy atom. The first kappa shape index (κ1) is 21.9. The maximum Gasteiger partial charge on any atom is 0.320 e. The summed E-state index contributed by atoms with van der Waals surface area (Å²) in [5, 5.41) is 12.6. The van der Waals surface area contributed by atoms with E-state index < -0.39 is 18.1 Å². The van der Waals surface area contributed by atoms with Gasteiger partial charge in [-0.15, -0.1) is 0 Å². The molecule has 1 amide bonds. The molecule has 1 fully saturated rings. The molecule has 1 saturated heterocycles. The Labute approximate surface area is 166 Å². The minimum Gasteiger partial charge on any atom is -0.480 e. The van der Waals surface area contributed by atoms with Crippen LogP contribution in [0.25, 0.3) is 0 Å². The van der Waals surface area contributed by atoms with Crippen LogP contribution < -0.4 is 5.32 Å². The summed E-state index contributed by atoms with van der Waals surface area (Å²) in [5.41, 5.74) is 1.07. The number of carboxylic acid groups (broad SMARTS) is 1. The lowest BCUT2D eigenvalue weighted by molar-refractivity contribution is -0.144. The van der Waals surface area contributed by atoms with Gasteiger partial charge in [0.05, 0.1) is 19.1 Å². The molecule has 7 nitrogen and oxygen atoms in total. The number of aryl methyl sites for hydroxylation is 1. The number of amides is 1. The molecule has 2 atom stereocenters. The molecule has 1 aromatic carbocycles. The zero-order valence-electron chi connectivity index (χ0n) is 16.4. The van der Waals surface area contributed by atoms with Gasteiger partial charge in [-0.25, -0.2) is 0 Å². The summed E-state index contributed by atoms with van der Waals surface area (Å²) in [7, 11) is 0. The Hall–Kier alpha value is -2.41. The Balaban J connectivity index is 1.94. The zero-order chi connectivity index (χ0) is 20.4. The molecule has 0 aliphatic carbocycles. The van der Waals surface area contributed by atoms with Crippen LogP contribution in [0.4, 0.5) is 0 Å². The van der Waals surface area contributed by atoms with Crippen molar-refractivity contribution in [3.8, 4) is 0 Å². The molecule has 28 heavy (non-hydrogen) atoms. The number of benzene rings is 1. The second-order valence-electron chi connectivity index (χ2n) is 7.01. The second kappa shape index (κ2) is 11.4. The van der Waals surface area contributed by atoms with Crippen molar-refractivity contribution in [2.45, 2.75) is 57.5 Å². The van der Waals surface area contributed by atoms with Gasteiger partial charge in [0.2, 0.25) is 5.91 Å². The molecule has 1 unspecified atom stereocenters. The molecule has 0 aromatic heterocycles. The fourth-order valence-electron chi connectivity index (χ4n) is 3.42. The highest BCUT2D eigenvalue weighted by Crippen LogP contribution is 2.15. The first-order valence-electron chi connectivity index (χ1n) is 9.98. The number of likely N-dealkylation sites (tertiary alicyclic amines) is 1. The van der Waals surface area contributed by atoms with E-state index in [2.05, 4.69) is 5.32 Å². The van der Waals surface area contributed by atoms with Crippen molar-refractivity contribution in [3.63, 3.8) is 0 Å². The van der Waals surface area contributed by atoms with Crippen molar-refractivity contribution in [1.82, 2.24) is 10.2 Å². The van der Waals surface area contributed by atoms with Crippen LogP contribution >= 0.6 is 0 Å². The van der Waals surface area contributed by atoms with Gasteiger partial charge in [-0.05, 0) is 44.6 Å². The van der Waals surface area contributed by atoms with Gasteiger partial charge in [-0.3, -0.25) is 19.7 Å². The molecule has 7 heteroatoms. The number of ether oxygens (including phenoxy) is 1. The smallest absolute Gasteiger partial charge is 0.320 e. The van der Waals surface area contributed by atoms with E-state index in [0.29, 0.717) is 39.0 Å². The number of esters is 1. The summed E-state index contributed by atoms with van der Waals surface area (Å²) in [6.45, 7) is 2.95. The van der Waals surface area contributed by atoms with E-state index in [-0.39, 0.29) is 18.3 Å². The third-order valence-corrected chi connectivity index (χ3v) is 4.94. The van der Waals surface area contributed by atoms with Crippen LogP contribution in [0.3, 0.4) is 0 Å². The van der Waals surface area contributed by atoms with E-state index in [9.17, 15) is 19.5 Å². The van der Waals surface area contributed by atoms with Crippen LogP contribution in [0.2, 0.25) is 0 Å². The van der Waals surface area contributed by atoms with Crippen LogP contribution in [-0.2, 0) is 25.5 Å². The lowest BCUT2D eigenvalue weighted by Crippen LogP contribution is -2.51. The molecule has 154 valence electrons. The minimum atomic E-state index is -0.953. The highest BCUT2D eigenvalue weighted by Gasteiger charge is 2.31. The summed E-state index contributed by atoms with van der Waals surface area (Å²) < 4.78 is 4.93. The number of carbonyl (C=O) groups excluding carboxylic acids is 2. The van der Waals surface area contributed by atoms with Gasteiger partial charge >= 0.3 is 11.9 Å². The van der Waals surface area contributed by atoms with Gasteiger partial charge in [0.15, 0.2) is 0 Å². The van der Waals surface area contributed by atoms with Gasteiger partial charge in [-0.2, -0.15) is 0 Å². The Morgan fingerprint density at radius 2 is 2.04 bits per heavy atom. The molecule has 2 rings (SSSR count). The number of aliphatic carboxylic acids is 1. The van der Waals surface area contributed by atoms with Crippen molar-refractivity contribution in [2.24, 2.45) is 0 Å². The van der Waals surface area contributed by atoms with E-state index in [1.54, 1.807) is 11.8 Å². The predicted molar refractivity (Wildman–Crippen MR) is 105 cm³/mol. The maximum absolute atomic E-state index is 12.9. The molecular weight excluding hydrogens is 360 g/mol. The summed E-state index contributed by atoms with van der Waals surface area (Å²) >= 11 is 0. The van der Waals surface area contributed by atoms with E-state index in [1.165, 1.54) is 0 Å². The summed E-state index contributed by atoms with van der Waals surface area (Å²) in [4.78, 5) is 37.8. The standard InChI is InChI=1S/C21H30N2O5/c1-2-28-19(24)13-15-23-14-7-6-10-17(20(23)25)22-18(21(26)27)12-11-16-8-4-3-5-9-16/h3-5,8-9,17-18,22H,2,6-7,10-15H2,1H3,(H,26,27)/t17-,18?/m0/s1. The lowest BCUT2D eigenvalue weighted by Gasteiger charge is -2.27. The SMILES string of the molecule is CCOC(=O)CCN1CCCC[C@H](NC(CCc2ccccc2)C(=O)O)C1=O. The van der Waals surface area contributed by atoms with Gasteiger partial charge in [0.1, 0.15) is 6.04 Å². The fraction of sp³-hybridized carbons (Fsp3) is 0.571. The second-order valence-corrected chi connectivity index (χ2v) is 7.01. The van der Waals surface area contributed by atoms with E-state index in [0.717, 1.165) is 18.4 Å². The lowest BCUT2D eigenvalue weighted by atomic mass is 10.0. The van der Waals surface area contributed by atoms with Crippen molar-refractivity contribution in [2.75, 3.05) is 19.7 Å². The molecule has 1 aliphatic heterocycles. The Kier molecular flexibility index (Phi) is 8.94. The molecule has 1 heterocycles. The zero-order valence-corrected chi connectivity index (χ0v) is 16.4. The molecule has 0 bridgehead atoms. The number of carbonyl (C=O) groups is 3. The molecular formula is C21H30N2O5. The number of nitrogens with zero attached hydrogens (tertiary/aromatic N) is 1. The third kappa shape index (κ3) is 6.96. The fourth-order valence-corrected chi connectivity index (χ4v) is 3.42. The average molecular weight is 390 g/mol. The largest absolute Gasteiger partial charge is 0.480 e. The van der Waals surface area contributed by atoms with E-state index in [4.69, 9.17) is 4.74 Å². The quantitative estimate of drug-likeness (QED) is 0.593. The van der Waals surface area contributed by atoms with Crippen molar-refractivity contribution in [3.05, 3.63) is 35.9 Å². The topological polar surface area (TPSA) is 95.9 Å². The van der Waals surface area contributed by atoms with Crippen LogP contribution in [0.5, 0.6) is 0 Å². The number of hydrogen-bond donors (Lipinski definition) is 2. The van der Waals surface area contributed by atoms with Crippen LogP contribution in [0, 0.1) is 0 Å². The molecule has 2 N–H and O–H groups in total. The van der Waals surface area contributed by atoms with Crippen LogP contribution in [0.15, 0.2) is 30.3 Å². The summed E-state index contributed by atoms with van der Waals surface area (Å²) in [6.07, 6.45) is 3.47. The maximum atomic E-state index is 12.9. The van der Waals surface area contributed by atoms with Gasteiger partial charge < -0.3 is 14.7 Å². The molecule has 0 radical (unpaired) electrons. The van der Waals surface area contributed by atoms with Crippen LogP contribution in [-0.4, -0.2) is 59.6 Å². The Morgan fingerprint density at radius 1 is 1.29 bits per heavy atom. The van der Waals surface area contributed by atoms with Gasteiger partial charge in [-0.1, -0.05) is 30.3 Å². The van der Waals surface area contributed by atoms with Crippen LogP contribution in [0.1, 0.15) is 44.6 Å². The first-order valence-corrected chi connectivity index (χ1v) is 9.98. The summed E-state index contributed by atoms with van der Waals surface area (Å²) in [5.74, 6) is -1.41. The van der Waals surface area contributed by atoms with E-state index >= 15 is 0 Å².